The van der Waals surface area contributed by atoms with E-state index in [4.69, 9.17) is 9.72 Å². The molecule has 0 saturated carbocycles. The summed E-state index contributed by atoms with van der Waals surface area (Å²) in [6.45, 7) is 3.33. The fraction of sp³-hybridized carbons (Fsp3) is 0.192. The zero-order valence-electron chi connectivity index (χ0n) is 18.8. The van der Waals surface area contributed by atoms with Gasteiger partial charge < -0.3 is 9.30 Å². The summed E-state index contributed by atoms with van der Waals surface area (Å²) in [6.07, 6.45) is 6.26. The molecule has 0 radical (unpaired) electrons. The van der Waals surface area contributed by atoms with Gasteiger partial charge in [0.15, 0.2) is 11.7 Å². The summed E-state index contributed by atoms with van der Waals surface area (Å²) in [5.74, 6) is 0.575. The molecule has 0 spiro atoms. The molecule has 2 heterocycles. The summed E-state index contributed by atoms with van der Waals surface area (Å²) in [4.78, 5) is 23.9. The number of para-hydroxylation sites is 1. The Morgan fingerprint density at radius 2 is 1.94 bits per heavy atom. The van der Waals surface area contributed by atoms with Gasteiger partial charge in [0, 0.05) is 25.5 Å². The molecule has 0 bridgehead atoms. The minimum atomic E-state index is -0.106. The molecule has 8 heteroatoms. The Kier molecular flexibility index (Phi) is 7.45. The highest BCUT2D eigenvalue weighted by molar-refractivity contribution is 7.22. The highest BCUT2D eigenvalue weighted by Gasteiger charge is 2.21. The Morgan fingerprint density at radius 3 is 2.74 bits per heavy atom. The number of aryl methyl sites for hydroxylation is 2. The smallest absolute Gasteiger partial charge is 0.266 e. The van der Waals surface area contributed by atoms with Crippen molar-refractivity contribution in [2.45, 2.75) is 19.9 Å². The van der Waals surface area contributed by atoms with Gasteiger partial charge in [-0.25, -0.2) is 9.97 Å². The number of rotatable bonds is 8. The molecule has 0 aliphatic rings. The van der Waals surface area contributed by atoms with Gasteiger partial charge in [-0.05, 0) is 47.9 Å². The lowest BCUT2D eigenvalue weighted by Gasteiger charge is -2.20. The van der Waals surface area contributed by atoms with Gasteiger partial charge in [-0.3, -0.25) is 9.69 Å². The third kappa shape index (κ3) is 5.21. The lowest BCUT2D eigenvalue weighted by molar-refractivity contribution is -0.120. The number of hydrogen-bond acceptors (Lipinski definition) is 5. The largest absolute Gasteiger partial charge is 0.484 e. The van der Waals surface area contributed by atoms with E-state index >= 15 is 0 Å². The molecule has 6 nitrogen and oxygen atoms in total. The number of carbonyl (C=O) groups excluding carboxylic acids is 1. The van der Waals surface area contributed by atoms with Crippen LogP contribution in [0.1, 0.15) is 12.0 Å². The molecule has 0 saturated heterocycles. The van der Waals surface area contributed by atoms with E-state index in [0.717, 1.165) is 39.5 Å². The fourth-order valence-electron chi connectivity index (χ4n) is 3.83. The fourth-order valence-corrected chi connectivity index (χ4v) is 4.91. The number of anilines is 1. The van der Waals surface area contributed by atoms with Gasteiger partial charge >= 0.3 is 0 Å². The van der Waals surface area contributed by atoms with E-state index in [0.29, 0.717) is 17.4 Å². The zero-order valence-corrected chi connectivity index (χ0v) is 20.4. The number of amides is 1. The van der Waals surface area contributed by atoms with Gasteiger partial charge in [-0.1, -0.05) is 53.8 Å². The van der Waals surface area contributed by atoms with Gasteiger partial charge in [0.05, 0.1) is 16.5 Å². The quantitative estimate of drug-likeness (QED) is 0.271. The molecular weight excluding hydrogens is 468 g/mol. The van der Waals surface area contributed by atoms with E-state index in [9.17, 15) is 4.79 Å². The Morgan fingerprint density at radius 1 is 1.09 bits per heavy atom. The molecule has 0 N–H and O–H groups in total. The molecule has 1 amide bonds. The minimum absolute atomic E-state index is 0. The normalized spacial score (nSPS) is 10.9. The van der Waals surface area contributed by atoms with Crippen LogP contribution in [0.2, 0.25) is 0 Å². The molecule has 2 aromatic heterocycles. The van der Waals surface area contributed by atoms with Gasteiger partial charge in [0.25, 0.3) is 5.91 Å². The van der Waals surface area contributed by atoms with Crippen molar-refractivity contribution in [1.29, 1.82) is 0 Å². The van der Waals surface area contributed by atoms with Crippen molar-refractivity contribution >= 4 is 55.8 Å². The van der Waals surface area contributed by atoms with Crippen molar-refractivity contribution in [2.75, 3.05) is 18.1 Å². The number of thiazole rings is 1. The van der Waals surface area contributed by atoms with E-state index in [-0.39, 0.29) is 24.9 Å². The lowest BCUT2D eigenvalue weighted by Crippen LogP contribution is -2.36. The molecule has 3 aromatic carbocycles. The third-order valence-corrected chi connectivity index (χ3v) is 6.63. The second kappa shape index (κ2) is 10.7. The van der Waals surface area contributed by atoms with Crippen molar-refractivity contribution < 1.29 is 9.53 Å². The number of aromatic nitrogens is 3. The summed E-state index contributed by atoms with van der Waals surface area (Å²) in [6, 6.07) is 20.1. The maximum absolute atomic E-state index is 13.3. The predicted molar refractivity (Wildman–Crippen MR) is 140 cm³/mol. The number of carbonyl (C=O) groups is 1. The molecule has 34 heavy (non-hydrogen) atoms. The molecule has 5 aromatic rings. The highest BCUT2D eigenvalue weighted by atomic mass is 35.5. The number of ether oxygens (including phenoxy) is 1. The Bertz CT molecular complexity index is 1400. The van der Waals surface area contributed by atoms with Crippen LogP contribution in [0.4, 0.5) is 5.13 Å². The van der Waals surface area contributed by atoms with Gasteiger partial charge in [-0.15, -0.1) is 12.4 Å². The first-order valence-corrected chi connectivity index (χ1v) is 11.7. The second-order valence-electron chi connectivity index (χ2n) is 7.92. The summed E-state index contributed by atoms with van der Waals surface area (Å²) >= 11 is 1.54. The van der Waals surface area contributed by atoms with Crippen molar-refractivity contribution in [3.05, 3.63) is 84.9 Å². The maximum Gasteiger partial charge on any atom is 0.266 e. The third-order valence-electron chi connectivity index (χ3n) is 5.58. The van der Waals surface area contributed by atoms with Crippen molar-refractivity contribution in [3.63, 3.8) is 0 Å². The van der Waals surface area contributed by atoms with Crippen LogP contribution in [-0.4, -0.2) is 33.6 Å². The topological polar surface area (TPSA) is 60.2 Å². The lowest BCUT2D eigenvalue weighted by atomic mass is 10.1. The first-order chi connectivity index (χ1) is 16.2. The van der Waals surface area contributed by atoms with E-state index in [1.54, 1.807) is 17.4 Å². The standard InChI is InChI=1S/C26H24N4O2S.ClH/c1-19-6-4-9-23-25(19)28-26(33-23)30(14-5-13-29-15-12-27-18-29)24(31)17-32-22-11-10-20-7-2-3-8-21(20)16-22;/h2-4,6-12,15-16,18H,5,13-14,17H2,1H3;1H. The molecule has 0 aliphatic heterocycles. The Labute approximate surface area is 208 Å². The van der Waals surface area contributed by atoms with Crippen LogP contribution in [0.3, 0.4) is 0 Å². The van der Waals surface area contributed by atoms with Crippen molar-refractivity contribution in [2.24, 2.45) is 0 Å². The van der Waals surface area contributed by atoms with Gasteiger partial charge in [0.2, 0.25) is 0 Å². The van der Waals surface area contributed by atoms with E-state index in [2.05, 4.69) is 11.1 Å². The second-order valence-corrected chi connectivity index (χ2v) is 8.92. The van der Waals surface area contributed by atoms with Crippen molar-refractivity contribution in [3.8, 4) is 5.75 Å². The van der Waals surface area contributed by atoms with E-state index in [1.165, 1.54) is 11.3 Å². The number of hydrogen-bond donors (Lipinski definition) is 0. The molecule has 5 rings (SSSR count). The number of nitrogens with zero attached hydrogens (tertiary/aromatic N) is 4. The molecular formula is C26H25ClN4O2S. The molecule has 0 fully saturated rings. The SMILES string of the molecule is Cc1cccc2sc(N(CCCn3ccnc3)C(=O)COc3ccc4ccccc4c3)nc12.Cl. The number of halogens is 1. The summed E-state index contributed by atoms with van der Waals surface area (Å²) in [7, 11) is 0. The zero-order chi connectivity index (χ0) is 22.6. The number of benzene rings is 3. The average molecular weight is 493 g/mol. The molecule has 0 aliphatic carbocycles. The maximum atomic E-state index is 13.3. The number of imidazole rings is 1. The van der Waals surface area contributed by atoms with Crippen LogP contribution in [0.15, 0.2) is 79.4 Å². The first-order valence-electron chi connectivity index (χ1n) is 10.9. The average Bonchev–Trinajstić information content (AvgIpc) is 3.51. The van der Waals surface area contributed by atoms with E-state index < -0.39 is 0 Å². The first kappa shape index (κ1) is 23.7. The molecule has 0 atom stereocenters. The van der Waals surface area contributed by atoms with Crippen molar-refractivity contribution in [1.82, 2.24) is 14.5 Å². The Balaban J connectivity index is 0.00000274. The van der Waals surface area contributed by atoms with Crippen LogP contribution in [-0.2, 0) is 11.3 Å². The van der Waals surface area contributed by atoms with Gasteiger partial charge in [0.1, 0.15) is 5.75 Å². The highest BCUT2D eigenvalue weighted by Crippen LogP contribution is 2.31. The van der Waals surface area contributed by atoms with E-state index in [1.807, 2.05) is 72.3 Å². The van der Waals surface area contributed by atoms with Crippen LogP contribution >= 0.6 is 23.7 Å². The van der Waals surface area contributed by atoms with Crippen LogP contribution in [0.25, 0.3) is 21.0 Å². The molecule has 0 unspecified atom stereocenters. The van der Waals surface area contributed by atoms with Crippen LogP contribution in [0.5, 0.6) is 5.75 Å². The Hall–Kier alpha value is -3.42. The monoisotopic (exact) mass is 492 g/mol. The summed E-state index contributed by atoms with van der Waals surface area (Å²) in [5.41, 5.74) is 2.05. The summed E-state index contributed by atoms with van der Waals surface area (Å²) in [5, 5.41) is 2.93. The summed E-state index contributed by atoms with van der Waals surface area (Å²) < 4.78 is 8.99. The minimum Gasteiger partial charge on any atom is -0.484 e. The predicted octanol–water partition coefficient (Wildman–Crippen LogP) is 5.88. The van der Waals surface area contributed by atoms with Crippen LogP contribution in [0, 0.1) is 6.92 Å². The van der Waals surface area contributed by atoms with Gasteiger partial charge in [-0.2, -0.15) is 0 Å². The van der Waals surface area contributed by atoms with Crippen LogP contribution < -0.4 is 9.64 Å². The number of fused-ring (bicyclic) bond motifs is 2. The molecule has 174 valence electrons.